The Bertz CT molecular complexity index is 1010. The molecule has 0 radical (unpaired) electrons. The van der Waals surface area contributed by atoms with Gasteiger partial charge in [0.25, 0.3) is 0 Å². The van der Waals surface area contributed by atoms with E-state index in [0.717, 1.165) is 60.1 Å². The molecule has 0 spiro atoms. The van der Waals surface area contributed by atoms with Crippen molar-refractivity contribution in [2.24, 2.45) is 0 Å². The molecular weight excluding hydrogens is 454 g/mol. The molecule has 0 aliphatic carbocycles. The molecule has 0 saturated heterocycles. The minimum atomic E-state index is -0.806. The summed E-state index contributed by atoms with van der Waals surface area (Å²) >= 11 is 3.59. The molecular formula is C25H33N3O3S2. The number of aryl methyl sites for hydroxylation is 1. The Morgan fingerprint density at radius 3 is 2.76 bits per heavy atom. The molecule has 1 aromatic heterocycles. The number of aromatic nitrogens is 1. The molecule has 6 nitrogen and oxygen atoms in total. The number of ether oxygens (including phenoxy) is 1. The molecule has 2 aromatic carbocycles. The zero-order chi connectivity index (χ0) is 23.5. The van der Waals surface area contributed by atoms with Gasteiger partial charge >= 0.3 is 5.97 Å². The van der Waals surface area contributed by atoms with Crippen LogP contribution in [0.3, 0.4) is 0 Å². The predicted octanol–water partition coefficient (Wildman–Crippen LogP) is 4.91. The van der Waals surface area contributed by atoms with Crippen LogP contribution >= 0.6 is 23.1 Å². The van der Waals surface area contributed by atoms with Crippen molar-refractivity contribution in [1.29, 1.82) is 0 Å². The highest BCUT2D eigenvalue weighted by molar-refractivity contribution is 7.99. The zero-order valence-electron chi connectivity index (χ0n) is 19.4. The maximum atomic E-state index is 10.4. The lowest BCUT2D eigenvalue weighted by atomic mass is 10.2. The number of unbranched alkanes of at least 4 members (excludes halogenated alkanes) is 1. The fourth-order valence-electron chi connectivity index (χ4n) is 3.30. The van der Waals surface area contributed by atoms with Crippen LogP contribution in [0.1, 0.15) is 18.4 Å². The van der Waals surface area contributed by atoms with Crippen molar-refractivity contribution < 1.29 is 14.6 Å². The normalized spacial score (nSPS) is 11.2. The second-order valence-corrected chi connectivity index (χ2v) is 10.2. The Morgan fingerprint density at radius 1 is 1.15 bits per heavy atom. The van der Waals surface area contributed by atoms with E-state index in [1.54, 1.807) is 11.3 Å². The van der Waals surface area contributed by atoms with Gasteiger partial charge < -0.3 is 20.1 Å². The van der Waals surface area contributed by atoms with Gasteiger partial charge in [-0.15, -0.1) is 11.3 Å². The summed E-state index contributed by atoms with van der Waals surface area (Å²) in [6, 6.07) is 15.0. The van der Waals surface area contributed by atoms with Gasteiger partial charge in [0.15, 0.2) is 0 Å². The number of anilines is 1. The van der Waals surface area contributed by atoms with E-state index in [2.05, 4.69) is 66.7 Å². The van der Waals surface area contributed by atoms with E-state index in [4.69, 9.17) is 14.8 Å². The standard InChI is InChI=1S/C25H33N3O3S2/c1-19-5-10-22-23(17-19)33-25(27-22)20-6-8-21(9-7-20)28(2)12-14-31-13-3-4-15-32-16-11-26-18-24(29)30/h5-10,17,26H,3-4,11-16,18H2,1-2H3,(H,29,30). The molecule has 0 atom stereocenters. The largest absolute Gasteiger partial charge is 0.480 e. The van der Waals surface area contributed by atoms with E-state index in [-0.39, 0.29) is 6.54 Å². The predicted molar refractivity (Wildman–Crippen MR) is 141 cm³/mol. The number of nitrogens with one attached hydrogen (secondary N) is 1. The van der Waals surface area contributed by atoms with Gasteiger partial charge in [0.05, 0.1) is 23.4 Å². The van der Waals surface area contributed by atoms with Gasteiger partial charge in [-0.05, 0) is 67.5 Å². The summed E-state index contributed by atoms with van der Waals surface area (Å²) in [6.07, 6.45) is 2.17. The minimum Gasteiger partial charge on any atom is -0.480 e. The molecule has 0 aliphatic rings. The van der Waals surface area contributed by atoms with Gasteiger partial charge in [0, 0.05) is 43.7 Å². The number of rotatable bonds is 15. The highest BCUT2D eigenvalue weighted by atomic mass is 32.2. The van der Waals surface area contributed by atoms with Crippen LogP contribution < -0.4 is 10.2 Å². The second-order valence-electron chi connectivity index (χ2n) is 7.96. The first-order valence-corrected chi connectivity index (χ1v) is 13.3. The minimum absolute atomic E-state index is 0.0376. The Labute approximate surface area is 204 Å². The molecule has 0 bridgehead atoms. The Morgan fingerprint density at radius 2 is 1.97 bits per heavy atom. The van der Waals surface area contributed by atoms with Gasteiger partial charge in [-0.1, -0.05) is 6.07 Å². The maximum absolute atomic E-state index is 10.4. The Kier molecular flexibility index (Phi) is 10.5. The number of likely N-dealkylation sites (N-methyl/N-ethyl adjacent to an activating group) is 1. The Balaban J connectivity index is 1.29. The monoisotopic (exact) mass is 487 g/mol. The van der Waals surface area contributed by atoms with Gasteiger partial charge in [0.1, 0.15) is 5.01 Å². The second kappa shape index (κ2) is 13.5. The van der Waals surface area contributed by atoms with Crippen LogP contribution in [0.15, 0.2) is 42.5 Å². The molecule has 2 N–H and O–H groups in total. The smallest absolute Gasteiger partial charge is 0.317 e. The third-order valence-electron chi connectivity index (χ3n) is 5.20. The first kappa shape index (κ1) is 25.5. The van der Waals surface area contributed by atoms with Crippen LogP contribution in [0.5, 0.6) is 0 Å². The average Bonchev–Trinajstić information content (AvgIpc) is 3.22. The number of carboxylic acids is 1. The first-order chi connectivity index (χ1) is 16.0. The fraction of sp³-hybridized carbons (Fsp3) is 0.440. The number of fused-ring (bicyclic) bond motifs is 1. The highest BCUT2D eigenvalue weighted by Crippen LogP contribution is 2.31. The van der Waals surface area contributed by atoms with E-state index in [1.165, 1.54) is 16.0 Å². The topological polar surface area (TPSA) is 74.7 Å². The third-order valence-corrected chi connectivity index (χ3v) is 7.33. The molecule has 3 aromatic rings. The van der Waals surface area contributed by atoms with Crippen LogP contribution in [0.25, 0.3) is 20.8 Å². The number of thiazole rings is 1. The Hall–Kier alpha value is -2.13. The summed E-state index contributed by atoms with van der Waals surface area (Å²) in [5.74, 6) is 1.22. The van der Waals surface area contributed by atoms with E-state index < -0.39 is 5.97 Å². The number of nitrogens with zero attached hydrogens (tertiary/aromatic N) is 2. The highest BCUT2D eigenvalue weighted by Gasteiger charge is 2.08. The summed E-state index contributed by atoms with van der Waals surface area (Å²) < 4.78 is 7.03. The van der Waals surface area contributed by atoms with Crippen molar-refractivity contribution in [2.45, 2.75) is 19.8 Å². The summed E-state index contributed by atoms with van der Waals surface area (Å²) in [5.41, 5.74) is 4.65. The molecule has 1 heterocycles. The van der Waals surface area contributed by atoms with Crippen LogP contribution in [0.4, 0.5) is 5.69 Å². The van der Waals surface area contributed by atoms with E-state index >= 15 is 0 Å². The summed E-state index contributed by atoms with van der Waals surface area (Å²) in [5, 5.41) is 12.5. The van der Waals surface area contributed by atoms with Crippen LogP contribution in [0.2, 0.25) is 0 Å². The molecule has 0 saturated carbocycles. The van der Waals surface area contributed by atoms with Crippen molar-refractivity contribution in [3.05, 3.63) is 48.0 Å². The van der Waals surface area contributed by atoms with E-state index in [0.29, 0.717) is 6.61 Å². The molecule has 3 rings (SSSR count). The lowest BCUT2D eigenvalue weighted by molar-refractivity contribution is -0.135. The van der Waals surface area contributed by atoms with Crippen molar-refractivity contribution in [3.8, 4) is 10.6 Å². The fourth-order valence-corrected chi connectivity index (χ4v) is 5.27. The molecule has 8 heteroatoms. The maximum Gasteiger partial charge on any atom is 0.317 e. The van der Waals surface area contributed by atoms with Gasteiger partial charge in [0.2, 0.25) is 0 Å². The SMILES string of the molecule is Cc1ccc2nc(-c3ccc(N(C)CCOCCCCSCCNCC(=O)O)cc3)sc2c1. The molecule has 0 amide bonds. The number of carboxylic acid groups (broad SMARTS) is 1. The number of hydrogen-bond acceptors (Lipinski definition) is 7. The third kappa shape index (κ3) is 8.62. The number of carbonyl (C=O) groups is 1. The van der Waals surface area contributed by atoms with E-state index in [1.807, 2.05) is 11.8 Å². The van der Waals surface area contributed by atoms with Gasteiger partial charge in [-0.25, -0.2) is 4.98 Å². The molecule has 0 unspecified atom stereocenters. The van der Waals surface area contributed by atoms with Crippen molar-refractivity contribution in [3.63, 3.8) is 0 Å². The van der Waals surface area contributed by atoms with Crippen molar-refractivity contribution in [1.82, 2.24) is 10.3 Å². The molecule has 33 heavy (non-hydrogen) atoms. The lowest BCUT2D eigenvalue weighted by Crippen LogP contribution is -2.24. The van der Waals surface area contributed by atoms with Gasteiger partial charge in [-0.2, -0.15) is 11.8 Å². The van der Waals surface area contributed by atoms with E-state index in [9.17, 15) is 4.79 Å². The van der Waals surface area contributed by atoms with Crippen LogP contribution in [-0.4, -0.2) is 67.5 Å². The van der Waals surface area contributed by atoms with Crippen molar-refractivity contribution >= 4 is 45.0 Å². The number of thioether (sulfide) groups is 1. The quantitative estimate of drug-likeness (QED) is 0.295. The number of hydrogen-bond donors (Lipinski definition) is 2. The first-order valence-electron chi connectivity index (χ1n) is 11.3. The summed E-state index contributed by atoms with van der Waals surface area (Å²) in [7, 11) is 2.09. The zero-order valence-corrected chi connectivity index (χ0v) is 21.0. The summed E-state index contributed by atoms with van der Waals surface area (Å²) in [4.78, 5) is 17.4. The van der Waals surface area contributed by atoms with Crippen LogP contribution in [-0.2, 0) is 9.53 Å². The average molecular weight is 488 g/mol. The molecule has 0 fully saturated rings. The summed E-state index contributed by atoms with van der Waals surface area (Å²) in [6.45, 7) is 5.23. The molecule has 178 valence electrons. The lowest BCUT2D eigenvalue weighted by Gasteiger charge is -2.19. The van der Waals surface area contributed by atoms with Crippen LogP contribution in [0, 0.1) is 6.92 Å². The number of benzene rings is 2. The number of aliphatic carboxylic acids is 1. The van der Waals surface area contributed by atoms with Gasteiger partial charge in [-0.3, -0.25) is 4.79 Å². The van der Waals surface area contributed by atoms with Crippen molar-refractivity contribution in [2.75, 3.05) is 56.3 Å². The molecule has 0 aliphatic heterocycles.